The highest BCUT2D eigenvalue weighted by Crippen LogP contribution is 2.31. The Bertz CT molecular complexity index is 1060. The Balaban J connectivity index is 1.74. The van der Waals surface area contributed by atoms with Gasteiger partial charge in [-0.2, -0.15) is 0 Å². The molecule has 4 aromatic rings. The standard InChI is InChI=1S/C27H22BrNO/c28-24-19-11-10-18-23(24)26(22-16-8-3-9-17-22)29-27(30)25(20-12-4-1-5-13-20)21-14-6-2-7-15-21/h1-19,25-26H,(H,29,30)/t26-/m1/s1. The van der Waals surface area contributed by atoms with Crippen LogP contribution in [0.1, 0.15) is 34.2 Å². The molecule has 0 spiro atoms. The van der Waals surface area contributed by atoms with Gasteiger partial charge in [0.2, 0.25) is 5.91 Å². The molecular weight excluding hydrogens is 434 g/mol. The van der Waals surface area contributed by atoms with Gasteiger partial charge in [-0.25, -0.2) is 0 Å². The molecule has 2 nitrogen and oxygen atoms in total. The van der Waals surface area contributed by atoms with Gasteiger partial charge in [0.05, 0.1) is 12.0 Å². The smallest absolute Gasteiger partial charge is 0.232 e. The zero-order valence-electron chi connectivity index (χ0n) is 16.4. The molecule has 0 aliphatic heterocycles. The molecule has 0 aliphatic rings. The van der Waals surface area contributed by atoms with Crippen LogP contribution in [0.25, 0.3) is 0 Å². The average molecular weight is 456 g/mol. The van der Waals surface area contributed by atoms with Gasteiger partial charge in [0.15, 0.2) is 0 Å². The van der Waals surface area contributed by atoms with E-state index in [1.807, 2.05) is 115 Å². The van der Waals surface area contributed by atoms with Crippen molar-refractivity contribution in [2.75, 3.05) is 0 Å². The summed E-state index contributed by atoms with van der Waals surface area (Å²) in [6.07, 6.45) is 0. The van der Waals surface area contributed by atoms with E-state index in [9.17, 15) is 4.79 Å². The molecular formula is C27H22BrNO. The number of hydrogen-bond donors (Lipinski definition) is 1. The van der Waals surface area contributed by atoms with Crippen molar-refractivity contribution in [1.82, 2.24) is 5.32 Å². The normalized spacial score (nSPS) is 11.8. The third-order valence-corrected chi connectivity index (χ3v) is 5.89. The maximum absolute atomic E-state index is 13.7. The Morgan fingerprint density at radius 3 is 1.53 bits per heavy atom. The first-order valence-corrected chi connectivity index (χ1v) is 10.7. The van der Waals surface area contributed by atoms with Gasteiger partial charge in [-0.15, -0.1) is 0 Å². The quantitative estimate of drug-likeness (QED) is 0.353. The van der Waals surface area contributed by atoms with E-state index >= 15 is 0 Å². The number of benzene rings is 4. The number of halogens is 1. The summed E-state index contributed by atoms with van der Waals surface area (Å²) in [5, 5.41) is 3.32. The van der Waals surface area contributed by atoms with E-state index in [1.54, 1.807) is 0 Å². The lowest BCUT2D eigenvalue weighted by Crippen LogP contribution is -2.34. The molecule has 4 aromatic carbocycles. The summed E-state index contributed by atoms with van der Waals surface area (Å²) < 4.78 is 0.968. The summed E-state index contributed by atoms with van der Waals surface area (Å²) in [6.45, 7) is 0. The fourth-order valence-electron chi connectivity index (χ4n) is 3.71. The monoisotopic (exact) mass is 455 g/mol. The Hall–Kier alpha value is -3.17. The van der Waals surface area contributed by atoms with Crippen molar-refractivity contribution < 1.29 is 4.79 Å². The van der Waals surface area contributed by atoms with Crippen molar-refractivity contribution >= 4 is 21.8 Å². The number of carbonyl (C=O) groups excluding carboxylic acids is 1. The van der Waals surface area contributed by atoms with Crippen LogP contribution in [0.4, 0.5) is 0 Å². The van der Waals surface area contributed by atoms with Crippen LogP contribution in [0.5, 0.6) is 0 Å². The molecule has 1 N–H and O–H groups in total. The molecule has 0 aliphatic carbocycles. The molecule has 0 fully saturated rings. The van der Waals surface area contributed by atoms with E-state index in [1.165, 1.54) is 0 Å². The van der Waals surface area contributed by atoms with E-state index in [2.05, 4.69) is 21.2 Å². The lowest BCUT2D eigenvalue weighted by molar-refractivity contribution is -0.122. The van der Waals surface area contributed by atoms with Crippen LogP contribution in [0.15, 0.2) is 120 Å². The molecule has 0 radical (unpaired) electrons. The molecule has 1 atom stereocenters. The molecule has 148 valence electrons. The highest BCUT2D eigenvalue weighted by molar-refractivity contribution is 9.10. The van der Waals surface area contributed by atoms with Gasteiger partial charge in [-0.05, 0) is 28.3 Å². The van der Waals surface area contributed by atoms with Gasteiger partial charge < -0.3 is 5.32 Å². The van der Waals surface area contributed by atoms with Gasteiger partial charge in [0, 0.05) is 4.47 Å². The minimum absolute atomic E-state index is 0.0305. The summed E-state index contributed by atoms with van der Waals surface area (Å²) in [5.74, 6) is -0.418. The Labute approximate surface area is 185 Å². The van der Waals surface area contributed by atoms with Gasteiger partial charge in [-0.1, -0.05) is 125 Å². The molecule has 0 unspecified atom stereocenters. The van der Waals surface area contributed by atoms with E-state index in [4.69, 9.17) is 0 Å². The van der Waals surface area contributed by atoms with Crippen LogP contribution >= 0.6 is 15.9 Å². The van der Waals surface area contributed by atoms with Crippen molar-refractivity contribution in [2.24, 2.45) is 0 Å². The van der Waals surface area contributed by atoms with Crippen LogP contribution in [0.2, 0.25) is 0 Å². The van der Waals surface area contributed by atoms with Crippen LogP contribution in [-0.4, -0.2) is 5.91 Å². The molecule has 4 rings (SSSR count). The maximum atomic E-state index is 13.7. The number of carbonyl (C=O) groups is 1. The zero-order chi connectivity index (χ0) is 20.8. The highest BCUT2D eigenvalue weighted by Gasteiger charge is 2.26. The fourth-order valence-corrected chi connectivity index (χ4v) is 4.22. The second-order valence-electron chi connectivity index (χ2n) is 7.13. The predicted octanol–water partition coefficient (Wildman–Crippen LogP) is 6.49. The molecule has 3 heteroatoms. The van der Waals surface area contributed by atoms with Gasteiger partial charge >= 0.3 is 0 Å². The van der Waals surface area contributed by atoms with Crippen molar-refractivity contribution in [3.05, 3.63) is 142 Å². The summed E-state index contributed by atoms with van der Waals surface area (Å²) in [7, 11) is 0. The Kier molecular flexibility index (Phi) is 6.41. The lowest BCUT2D eigenvalue weighted by Gasteiger charge is -2.25. The SMILES string of the molecule is O=C(N[C@H](c1ccccc1)c1ccccc1Br)C(c1ccccc1)c1ccccc1. The molecule has 0 heterocycles. The van der Waals surface area contributed by atoms with Crippen LogP contribution < -0.4 is 5.32 Å². The largest absolute Gasteiger partial charge is 0.344 e. The first kappa shape index (κ1) is 20.1. The van der Waals surface area contributed by atoms with Crippen LogP contribution in [0, 0.1) is 0 Å². The Morgan fingerprint density at radius 1 is 0.600 bits per heavy atom. The number of rotatable bonds is 6. The lowest BCUT2D eigenvalue weighted by atomic mass is 9.89. The van der Waals surface area contributed by atoms with E-state index in [-0.39, 0.29) is 17.9 Å². The summed E-state index contributed by atoms with van der Waals surface area (Å²) in [4.78, 5) is 13.7. The Morgan fingerprint density at radius 2 is 1.03 bits per heavy atom. The molecule has 30 heavy (non-hydrogen) atoms. The topological polar surface area (TPSA) is 29.1 Å². The zero-order valence-corrected chi connectivity index (χ0v) is 18.0. The van der Waals surface area contributed by atoms with Crippen molar-refractivity contribution in [3.8, 4) is 0 Å². The number of amides is 1. The second kappa shape index (κ2) is 9.55. The second-order valence-corrected chi connectivity index (χ2v) is 7.98. The average Bonchev–Trinajstić information content (AvgIpc) is 2.80. The molecule has 0 saturated heterocycles. The highest BCUT2D eigenvalue weighted by atomic mass is 79.9. The summed E-state index contributed by atoms with van der Waals surface area (Å²) in [6, 6.07) is 37.7. The van der Waals surface area contributed by atoms with Crippen molar-refractivity contribution in [3.63, 3.8) is 0 Å². The van der Waals surface area contributed by atoms with E-state index in [0.29, 0.717) is 0 Å². The maximum Gasteiger partial charge on any atom is 0.232 e. The molecule has 0 saturated carbocycles. The fraction of sp³-hybridized carbons (Fsp3) is 0.0741. The van der Waals surface area contributed by atoms with Crippen molar-refractivity contribution in [2.45, 2.75) is 12.0 Å². The van der Waals surface area contributed by atoms with E-state index < -0.39 is 0 Å². The van der Waals surface area contributed by atoms with Gasteiger partial charge in [0.25, 0.3) is 0 Å². The first-order chi connectivity index (χ1) is 14.7. The third kappa shape index (κ3) is 4.52. The van der Waals surface area contributed by atoms with Crippen molar-refractivity contribution in [1.29, 1.82) is 0 Å². The molecule has 1 amide bonds. The van der Waals surface area contributed by atoms with Crippen LogP contribution in [0.3, 0.4) is 0 Å². The third-order valence-electron chi connectivity index (χ3n) is 5.16. The number of hydrogen-bond acceptors (Lipinski definition) is 1. The van der Waals surface area contributed by atoms with Crippen LogP contribution in [-0.2, 0) is 4.79 Å². The first-order valence-electron chi connectivity index (χ1n) is 9.93. The van der Waals surface area contributed by atoms with Gasteiger partial charge in [-0.3, -0.25) is 4.79 Å². The van der Waals surface area contributed by atoms with Gasteiger partial charge in [0.1, 0.15) is 0 Å². The summed E-state index contributed by atoms with van der Waals surface area (Å²) in [5.41, 5.74) is 4.01. The summed E-state index contributed by atoms with van der Waals surface area (Å²) >= 11 is 3.66. The minimum Gasteiger partial charge on any atom is -0.344 e. The minimum atomic E-state index is -0.388. The molecule has 0 aromatic heterocycles. The number of nitrogens with one attached hydrogen (secondary N) is 1. The predicted molar refractivity (Wildman–Crippen MR) is 125 cm³/mol. The van der Waals surface area contributed by atoms with E-state index in [0.717, 1.165) is 26.7 Å². The molecule has 0 bridgehead atoms.